The minimum Gasteiger partial charge on any atom is -0.472 e. The molecule has 1 aliphatic rings. The van der Waals surface area contributed by atoms with Crippen LogP contribution >= 0.6 is 0 Å². The molecule has 0 fully saturated rings. The van der Waals surface area contributed by atoms with Gasteiger partial charge in [-0.2, -0.15) is 0 Å². The lowest BCUT2D eigenvalue weighted by molar-refractivity contribution is 0.0936. The van der Waals surface area contributed by atoms with E-state index >= 15 is 0 Å². The molecule has 1 amide bonds. The molecule has 0 bridgehead atoms. The average Bonchev–Trinajstić information content (AvgIpc) is 2.51. The summed E-state index contributed by atoms with van der Waals surface area (Å²) in [6.45, 7) is 1.94. The van der Waals surface area contributed by atoms with Crippen LogP contribution in [0.25, 0.3) is 0 Å². The number of nitrogens with two attached hydrogens (primary N) is 1. The second kappa shape index (κ2) is 5.22. The van der Waals surface area contributed by atoms with Crippen molar-refractivity contribution in [3.8, 4) is 5.75 Å². The molecule has 0 spiro atoms. The molecule has 1 aliphatic heterocycles. The molecule has 3 rings (SSSR count). The molecule has 22 heavy (non-hydrogen) atoms. The Kier molecular flexibility index (Phi) is 3.36. The van der Waals surface area contributed by atoms with E-state index in [2.05, 4.69) is 5.32 Å². The molecule has 3 N–H and O–H groups in total. The van der Waals surface area contributed by atoms with Crippen molar-refractivity contribution in [1.82, 2.24) is 0 Å². The second-order valence-corrected chi connectivity index (χ2v) is 5.13. The van der Waals surface area contributed by atoms with Crippen LogP contribution in [0.1, 0.15) is 15.9 Å². The summed E-state index contributed by atoms with van der Waals surface area (Å²) in [4.78, 5) is 14.0. The van der Waals surface area contributed by atoms with Crippen LogP contribution in [-0.4, -0.2) is 19.7 Å². The fourth-order valence-corrected chi connectivity index (χ4v) is 2.39. The molecule has 0 saturated carbocycles. The molecule has 0 aliphatic carbocycles. The molecule has 6 heteroatoms. The first-order chi connectivity index (χ1) is 10.5. The van der Waals surface area contributed by atoms with Gasteiger partial charge in [0.25, 0.3) is 5.91 Å². The Morgan fingerprint density at radius 1 is 1.32 bits per heavy atom. The predicted octanol–water partition coefficient (Wildman–Crippen LogP) is 2.75. The van der Waals surface area contributed by atoms with Crippen molar-refractivity contribution >= 4 is 23.0 Å². The van der Waals surface area contributed by atoms with Gasteiger partial charge in [-0.3, -0.25) is 9.69 Å². The quantitative estimate of drug-likeness (QED) is 0.837. The summed E-state index contributed by atoms with van der Waals surface area (Å²) < 4.78 is 19.5. The van der Waals surface area contributed by atoms with E-state index < -0.39 is 5.82 Å². The number of aryl methyl sites for hydroxylation is 1. The van der Waals surface area contributed by atoms with Gasteiger partial charge in [0.2, 0.25) is 0 Å². The summed E-state index contributed by atoms with van der Waals surface area (Å²) in [5, 5.41) is 2.72. The zero-order valence-electron chi connectivity index (χ0n) is 12.3. The predicted molar refractivity (Wildman–Crippen MR) is 83.8 cm³/mol. The van der Waals surface area contributed by atoms with Gasteiger partial charge in [-0.1, -0.05) is 0 Å². The Hall–Kier alpha value is -2.76. The second-order valence-electron chi connectivity index (χ2n) is 5.13. The normalized spacial score (nSPS) is 13.6. The summed E-state index contributed by atoms with van der Waals surface area (Å²) in [6, 6.07) is 7.97. The third-order valence-electron chi connectivity index (χ3n) is 3.73. The standard InChI is InChI=1S/C16H16FN3O2/c1-9-5-10(3-4-13(9)18)20-8-22-15-7-14(19-2)12(17)6-11(15)16(20)21/h3-7,19H,8,18H2,1-2H3. The Labute approximate surface area is 127 Å². The smallest absolute Gasteiger partial charge is 0.264 e. The Morgan fingerprint density at radius 3 is 2.77 bits per heavy atom. The largest absolute Gasteiger partial charge is 0.472 e. The summed E-state index contributed by atoms with van der Waals surface area (Å²) in [6.07, 6.45) is 0. The van der Waals surface area contributed by atoms with Crippen molar-refractivity contribution in [3.05, 3.63) is 47.3 Å². The van der Waals surface area contributed by atoms with E-state index in [4.69, 9.17) is 10.5 Å². The highest BCUT2D eigenvalue weighted by Gasteiger charge is 2.28. The van der Waals surface area contributed by atoms with Gasteiger partial charge in [0.05, 0.1) is 11.3 Å². The lowest BCUT2D eigenvalue weighted by atomic mass is 10.1. The van der Waals surface area contributed by atoms with E-state index in [1.165, 1.54) is 17.0 Å². The van der Waals surface area contributed by atoms with E-state index in [1.54, 1.807) is 25.2 Å². The van der Waals surface area contributed by atoms with Crippen molar-refractivity contribution in [3.63, 3.8) is 0 Å². The fraction of sp³-hybridized carbons (Fsp3) is 0.188. The zero-order valence-corrected chi connectivity index (χ0v) is 12.3. The van der Waals surface area contributed by atoms with Gasteiger partial charge in [-0.25, -0.2) is 4.39 Å². The van der Waals surface area contributed by atoms with Crippen LogP contribution in [0.2, 0.25) is 0 Å². The number of carbonyl (C=O) groups is 1. The molecule has 2 aromatic carbocycles. The van der Waals surface area contributed by atoms with Crippen LogP contribution in [0.4, 0.5) is 21.5 Å². The summed E-state index contributed by atoms with van der Waals surface area (Å²) in [5.41, 5.74) is 8.48. The third kappa shape index (κ3) is 2.22. The van der Waals surface area contributed by atoms with Gasteiger partial charge in [0.1, 0.15) is 11.6 Å². The van der Waals surface area contributed by atoms with Gasteiger partial charge >= 0.3 is 0 Å². The number of nitrogen functional groups attached to an aromatic ring is 1. The van der Waals surface area contributed by atoms with Crippen LogP contribution in [-0.2, 0) is 0 Å². The van der Waals surface area contributed by atoms with Gasteiger partial charge < -0.3 is 15.8 Å². The number of amides is 1. The van der Waals surface area contributed by atoms with Crippen LogP contribution < -0.4 is 20.7 Å². The van der Waals surface area contributed by atoms with Gasteiger partial charge in [-0.15, -0.1) is 0 Å². The van der Waals surface area contributed by atoms with Crippen LogP contribution in [0.5, 0.6) is 5.75 Å². The number of carbonyl (C=O) groups excluding carboxylic acids is 1. The molecule has 0 atom stereocenters. The minimum atomic E-state index is -0.492. The van der Waals surface area contributed by atoms with Crippen LogP contribution in [0, 0.1) is 12.7 Å². The molecule has 0 radical (unpaired) electrons. The number of ether oxygens (including phenoxy) is 1. The Bertz CT molecular complexity index is 761. The van der Waals surface area contributed by atoms with Crippen molar-refractivity contribution in [2.75, 3.05) is 29.7 Å². The lowest BCUT2D eigenvalue weighted by Gasteiger charge is -2.29. The maximum Gasteiger partial charge on any atom is 0.264 e. The van der Waals surface area contributed by atoms with Gasteiger partial charge in [0, 0.05) is 24.5 Å². The SMILES string of the molecule is CNc1cc2c(cc1F)C(=O)N(c1ccc(N)c(C)c1)CO2. The van der Waals surface area contributed by atoms with Crippen molar-refractivity contribution in [1.29, 1.82) is 0 Å². The number of nitrogens with one attached hydrogen (secondary N) is 1. The third-order valence-corrected chi connectivity index (χ3v) is 3.73. The summed E-state index contributed by atoms with van der Waals surface area (Å²) in [7, 11) is 1.61. The van der Waals surface area contributed by atoms with Gasteiger partial charge in [-0.05, 0) is 36.8 Å². The zero-order chi connectivity index (χ0) is 15.9. The van der Waals surface area contributed by atoms with E-state index in [-0.39, 0.29) is 18.2 Å². The molecule has 0 unspecified atom stereocenters. The Balaban J connectivity index is 2.00. The number of benzene rings is 2. The molecule has 1 heterocycles. The van der Waals surface area contributed by atoms with Crippen LogP contribution in [0.15, 0.2) is 30.3 Å². The van der Waals surface area contributed by atoms with E-state index in [9.17, 15) is 9.18 Å². The van der Waals surface area contributed by atoms with Crippen molar-refractivity contribution in [2.24, 2.45) is 0 Å². The van der Waals surface area contributed by atoms with Crippen molar-refractivity contribution in [2.45, 2.75) is 6.92 Å². The number of nitrogens with zero attached hydrogens (tertiary/aromatic N) is 1. The maximum atomic E-state index is 13.9. The van der Waals surface area contributed by atoms with E-state index in [0.717, 1.165) is 5.56 Å². The highest BCUT2D eigenvalue weighted by molar-refractivity contribution is 6.09. The van der Waals surface area contributed by atoms with Crippen LogP contribution in [0.3, 0.4) is 0 Å². The first kappa shape index (κ1) is 14.2. The number of rotatable bonds is 2. The minimum absolute atomic E-state index is 0.0734. The topological polar surface area (TPSA) is 67.6 Å². The number of fused-ring (bicyclic) bond motifs is 1. The molecule has 114 valence electrons. The first-order valence-electron chi connectivity index (χ1n) is 6.83. The summed E-state index contributed by atoms with van der Waals surface area (Å²) >= 11 is 0. The van der Waals surface area contributed by atoms with E-state index in [1.807, 2.05) is 6.92 Å². The molecular formula is C16H16FN3O2. The van der Waals surface area contributed by atoms with Crippen molar-refractivity contribution < 1.29 is 13.9 Å². The number of halogens is 1. The van der Waals surface area contributed by atoms with Gasteiger partial charge in [0.15, 0.2) is 6.73 Å². The maximum absolute atomic E-state index is 13.9. The number of hydrogen-bond acceptors (Lipinski definition) is 4. The first-order valence-corrected chi connectivity index (χ1v) is 6.83. The van der Waals surface area contributed by atoms with E-state index in [0.29, 0.717) is 22.8 Å². The molecule has 5 nitrogen and oxygen atoms in total. The Morgan fingerprint density at radius 2 is 2.09 bits per heavy atom. The molecule has 0 saturated heterocycles. The number of anilines is 3. The lowest BCUT2D eigenvalue weighted by Crippen LogP contribution is -2.38. The monoisotopic (exact) mass is 301 g/mol. The highest BCUT2D eigenvalue weighted by atomic mass is 19.1. The average molecular weight is 301 g/mol. The molecular weight excluding hydrogens is 285 g/mol. The highest BCUT2D eigenvalue weighted by Crippen LogP contribution is 2.33. The number of hydrogen-bond donors (Lipinski definition) is 2. The summed E-state index contributed by atoms with van der Waals surface area (Å²) in [5.74, 6) is -0.417. The fourth-order valence-electron chi connectivity index (χ4n) is 2.39. The molecule has 0 aromatic heterocycles. The molecule has 2 aromatic rings.